The zero-order chi connectivity index (χ0) is 16.2. The molecule has 116 valence electrons. The Morgan fingerprint density at radius 1 is 1.09 bits per heavy atom. The standard InChI is InChI=1S/C17H14N2O4/c1-21-13-3-4-15(22-2)12(9-13)10-14-17(20)23-16(19-14)11-5-7-18-8-6-11/h3-10H,1-2H3/b14-10-. The summed E-state index contributed by atoms with van der Waals surface area (Å²) in [4.78, 5) is 20.2. The van der Waals surface area contributed by atoms with E-state index in [1.165, 1.54) is 0 Å². The number of carbonyl (C=O) groups excluding carboxylic acids is 1. The number of methoxy groups -OCH3 is 2. The van der Waals surface area contributed by atoms with E-state index in [9.17, 15) is 4.79 Å². The van der Waals surface area contributed by atoms with E-state index < -0.39 is 5.97 Å². The van der Waals surface area contributed by atoms with Gasteiger partial charge in [-0.25, -0.2) is 9.79 Å². The van der Waals surface area contributed by atoms with Crippen molar-refractivity contribution in [2.24, 2.45) is 4.99 Å². The van der Waals surface area contributed by atoms with Gasteiger partial charge in [-0.1, -0.05) is 0 Å². The van der Waals surface area contributed by atoms with Gasteiger partial charge in [-0.15, -0.1) is 0 Å². The van der Waals surface area contributed by atoms with Gasteiger partial charge in [0.25, 0.3) is 0 Å². The van der Waals surface area contributed by atoms with E-state index in [1.54, 1.807) is 63.0 Å². The first-order chi connectivity index (χ1) is 11.2. The van der Waals surface area contributed by atoms with Crippen molar-refractivity contribution in [2.45, 2.75) is 0 Å². The first-order valence-electron chi connectivity index (χ1n) is 6.86. The minimum atomic E-state index is -0.512. The molecule has 6 heteroatoms. The van der Waals surface area contributed by atoms with Crippen LogP contribution in [0.15, 0.2) is 53.4 Å². The maximum atomic E-state index is 12.0. The molecule has 1 aromatic heterocycles. The van der Waals surface area contributed by atoms with Gasteiger partial charge in [0.05, 0.1) is 14.2 Å². The summed E-state index contributed by atoms with van der Waals surface area (Å²) in [6.45, 7) is 0. The minimum Gasteiger partial charge on any atom is -0.497 e. The molecule has 6 nitrogen and oxygen atoms in total. The summed E-state index contributed by atoms with van der Waals surface area (Å²) in [6, 6.07) is 8.75. The summed E-state index contributed by atoms with van der Waals surface area (Å²) in [5, 5.41) is 0. The van der Waals surface area contributed by atoms with Crippen molar-refractivity contribution in [3.63, 3.8) is 0 Å². The van der Waals surface area contributed by atoms with Gasteiger partial charge in [-0.05, 0) is 36.4 Å². The molecule has 0 saturated carbocycles. The van der Waals surface area contributed by atoms with E-state index in [2.05, 4.69) is 9.98 Å². The smallest absolute Gasteiger partial charge is 0.363 e. The van der Waals surface area contributed by atoms with E-state index >= 15 is 0 Å². The maximum absolute atomic E-state index is 12.0. The van der Waals surface area contributed by atoms with Crippen molar-refractivity contribution in [3.05, 3.63) is 59.5 Å². The number of rotatable bonds is 4. The topological polar surface area (TPSA) is 70.0 Å². The molecule has 1 aromatic carbocycles. The van der Waals surface area contributed by atoms with Crippen molar-refractivity contribution < 1.29 is 19.0 Å². The number of cyclic esters (lactones) is 1. The highest BCUT2D eigenvalue weighted by Crippen LogP contribution is 2.28. The van der Waals surface area contributed by atoms with Crippen LogP contribution in [0.3, 0.4) is 0 Å². The molecule has 0 N–H and O–H groups in total. The lowest BCUT2D eigenvalue weighted by molar-refractivity contribution is -0.129. The Hall–Kier alpha value is -3.15. The van der Waals surface area contributed by atoms with Crippen LogP contribution in [0, 0.1) is 0 Å². The molecular formula is C17H14N2O4. The Morgan fingerprint density at radius 3 is 2.57 bits per heavy atom. The summed E-state index contributed by atoms with van der Waals surface area (Å²) in [5.74, 6) is 1.01. The van der Waals surface area contributed by atoms with Gasteiger partial charge in [0, 0.05) is 23.5 Å². The summed E-state index contributed by atoms with van der Waals surface area (Å²) in [6.07, 6.45) is 4.83. The molecule has 0 radical (unpaired) electrons. The monoisotopic (exact) mass is 310 g/mol. The second-order valence-corrected chi connectivity index (χ2v) is 4.68. The Kier molecular flexibility index (Phi) is 4.05. The SMILES string of the molecule is COc1ccc(OC)c(/C=C2\N=C(c3ccncc3)OC2=O)c1. The average molecular weight is 310 g/mol. The van der Waals surface area contributed by atoms with Crippen LogP contribution < -0.4 is 9.47 Å². The lowest BCUT2D eigenvalue weighted by Gasteiger charge is -2.07. The average Bonchev–Trinajstić information content (AvgIpc) is 2.96. The van der Waals surface area contributed by atoms with E-state index in [1.807, 2.05) is 0 Å². The largest absolute Gasteiger partial charge is 0.497 e. The summed E-state index contributed by atoms with van der Waals surface area (Å²) >= 11 is 0. The molecule has 1 aliphatic heterocycles. The fourth-order valence-electron chi connectivity index (χ4n) is 2.13. The Morgan fingerprint density at radius 2 is 1.87 bits per heavy atom. The number of pyridine rings is 1. The zero-order valence-electron chi connectivity index (χ0n) is 12.6. The van der Waals surface area contributed by atoms with E-state index in [0.717, 1.165) is 0 Å². The molecule has 23 heavy (non-hydrogen) atoms. The predicted octanol–water partition coefficient (Wildman–Crippen LogP) is 2.44. The third kappa shape index (κ3) is 3.06. The second kappa shape index (κ2) is 6.31. The molecular weight excluding hydrogens is 296 g/mol. The van der Waals surface area contributed by atoms with Gasteiger partial charge in [0.2, 0.25) is 5.90 Å². The third-order valence-electron chi connectivity index (χ3n) is 3.28. The molecule has 0 saturated heterocycles. The van der Waals surface area contributed by atoms with Gasteiger partial charge < -0.3 is 14.2 Å². The zero-order valence-corrected chi connectivity index (χ0v) is 12.6. The normalized spacial score (nSPS) is 15.3. The fourth-order valence-corrected chi connectivity index (χ4v) is 2.13. The lowest BCUT2D eigenvalue weighted by Crippen LogP contribution is -2.05. The van der Waals surface area contributed by atoms with E-state index in [4.69, 9.17) is 14.2 Å². The number of hydrogen-bond donors (Lipinski definition) is 0. The van der Waals surface area contributed by atoms with Crippen molar-refractivity contribution >= 4 is 17.9 Å². The van der Waals surface area contributed by atoms with Crippen LogP contribution in [0.25, 0.3) is 6.08 Å². The fraction of sp³-hybridized carbons (Fsp3) is 0.118. The first kappa shape index (κ1) is 14.8. The maximum Gasteiger partial charge on any atom is 0.363 e. The third-order valence-corrected chi connectivity index (χ3v) is 3.28. The quantitative estimate of drug-likeness (QED) is 0.641. The van der Waals surface area contributed by atoms with Gasteiger partial charge >= 0.3 is 5.97 Å². The molecule has 2 aromatic rings. The number of esters is 1. The van der Waals surface area contributed by atoms with E-state index in [-0.39, 0.29) is 11.6 Å². The van der Waals surface area contributed by atoms with Gasteiger partial charge in [-0.2, -0.15) is 0 Å². The van der Waals surface area contributed by atoms with Crippen LogP contribution in [0.5, 0.6) is 11.5 Å². The molecule has 0 spiro atoms. The highest BCUT2D eigenvalue weighted by molar-refractivity contribution is 6.12. The van der Waals surface area contributed by atoms with Crippen LogP contribution in [-0.4, -0.2) is 31.1 Å². The molecule has 3 rings (SSSR count). The number of nitrogens with zero attached hydrogens (tertiary/aromatic N) is 2. The highest BCUT2D eigenvalue weighted by atomic mass is 16.6. The first-order valence-corrected chi connectivity index (χ1v) is 6.86. The Balaban J connectivity index is 1.99. The molecule has 0 aliphatic carbocycles. The van der Waals surface area contributed by atoms with Crippen LogP contribution in [0.1, 0.15) is 11.1 Å². The highest BCUT2D eigenvalue weighted by Gasteiger charge is 2.24. The summed E-state index contributed by atoms with van der Waals surface area (Å²) < 4.78 is 15.7. The Labute approximate surface area is 133 Å². The van der Waals surface area contributed by atoms with E-state index in [0.29, 0.717) is 22.6 Å². The van der Waals surface area contributed by atoms with Gasteiger partial charge in [-0.3, -0.25) is 4.98 Å². The molecule has 0 amide bonds. The molecule has 1 aliphatic rings. The van der Waals surface area contributed by atoms with Crippen molar-refractivity contribution in [1.82, 2.24) is 4.98 Å². The molecule has 0 atom stereocenters. The number of aromatic nitrogens is 1. The van der Waals surface area contributed by atoms with Gasteiger partial charge in [0.15, 0.2) is 5.70 Å². The summed E-state index contributed by atoms with van der Waals surface area (Å²) in [5.41, 5.74) is 1.57. The number of aliphatic imine (C=N–C) groups is 1. The van der Waals surface area contributed by atoms with Crippen LogP contribution >= 0.6 is 0 Å². The van der Waals surface area contributed by atoms with Crippen molar-refractivity contribution in [2.75, 3.05) is 14.2 Å². The van der Waals surface area contributed by atoms with Crippen molar-refractivity contribution in [1.29, 1.82) is 0 Å². The number of ether oxygens (including phenoxy) is 3. The minimum absolute atomic E-state index is 0.198. The molecule has 0 unspecified atom stereocenters. The van der Waals surface area contributed by atoms with Crippen LogP contribution in [0.2, 0.25) is 0 Å². The van der Waals surface area contributed by atoms with Crippen LogP contribution in [-0.2, 0) is 9.53 Å². The van der Waals surface area contributed by atoms with Crippen LogP contribution in [0.4, 0.5) is 0 Å². The molecule has 0 fully saturated rings. The summed E-state index contributed by atoms with van der Waals surface area (Å²) in [7, 11) is 3.13. The number of benzene rings is 1. The van der Waals surface area contributed by atoms with Gasteiger partial charge in [0.1, 0.15) is 11.5 Å². The van der Waals surface area contributed by atoms with Crippen molar-refractivity contribution in [3.8, 4) is 11.5 Å². The molecule has 0 bridgehead atoms. The Bertz CT molecular complexity index is 797. The number of hydrogen-bond acceptors (Lipinski definition) is 6. The molecule has 2 heterocycles. The lowest BCUT2D eigenvalue weighted by atomic mass is 10.1. The number of carbonyl (C=O) groups is 1. The second-order valence-electron chi connectivity index (χ2n) is 4.68. The predicted molar refractivity (Wildman–Crippen MR) is 84.4 cm³/mol.